The van der Waals surface area contributed by atoms with Crippen LogP contribution in [0, 0.1) is 5.41 Å². The van der Waals surface area contributed by atoms with E-state index in [9.17, 15) is 0 Å². The Morgan fingerprint density at radius 3 is 2.71 bits per heavy atom. The average molecular weight is 242 g/mol. The minimum Gasteiger partial charge on any atom is -0.381 e. The molecule has 17 heavy (non-hydrogen) atoms. The van der Waals surface area contributed by atoms with Crippen molar-refractivity contribution >= 4 is 0 Å². The zero-order chi connectivity index (χ0) is 12.4. The van der Waals surface area contributed by atoms with Crippen molar-refractivity contribution in [2.75, 3.05) is 46.0 Å². The molecule has 2 fully saturated rings. The van der Waals surface area contributed by atoms with Crippen molar-refractivity contribution in [3.8, 4) is 0 Å². The first-order valence-electron chi connectivity index (χ1n) is 6.69. The predicted molar refractivity (Wildman–Crippen MR) is 68.0 cm³/mol. The van der Waals surface area contributed by atoms with Crippen LogP contribution >= 0.6 is 0 Å². The predicted octanol–water partition coefficient (Wildman–Crippen LogP) is 0.853. The maximum atomic E-state index is 5.99. The molecule has 100 valence electrons. The van der Waals surface area contributed by atoms with Crippen LogP contribution < -0.4 is 5.73 Å². The summed E-state index contributed by atoms with van der Waals surface area (Å²) >= 11 is 0. The zero-order valence-electron chi connectivity index (χ0n) is 11.2. The highest BCUT2D eigenvalue weighted by Gasteiger charge is 2.36. The minimum atomic E-state index is -0.0242. The van der Waals surface area contributed by atoms with Crippen LogP contribution in [0.2, 0.25) is 0 Å². The lowest BCUT2D eigenvalue weighted by Gasteiger charge is -2.44. The Bertz CT molecular complexity index is 250. The van der Waals surface area contributed by atoms with E-state index in [4.69, 9.17) is 15.2 Å². The Balaban J connectivity index is 1.93. The lowest BCUT2D eigenvalue weighted by atomic mass is 9.81. The highest BCUT2D eigenvalue weighted by molar-refractivity contribution is 4.89. The summed E-state index contributed by atoms with van der Waals surface area (Å²) in [4.78, 5) is 2.49. The quantitative estimate of drug-likeness (QED) is 0.797. The van der Waals surface area contributed by atoms with Gasteiger partial charge < -0.3 is 15.2 Å². The summed E-state index contributed by atoms with van der Waals surface area (Å²) < 4.78 is 11.4. The van der Waals surface area contributed by atoms with Crippen LogP contribution in [0.3, 0.4) is 0 Å². The highest BCUT2D eigenvalue weighted by atomic mass is 16.5. The number of morpholine rings is 1. The molecule has 0 saturated carbocycles. The van der Waals surface area contributed by atoms with Gasteiger partial charge in [-0.3, -0.25) is 4.90 Å². The topological polar surface area (TPSA) is 47.7 Å². The summed E-state index contributed by atoms with van der Waals surface area (Å²) in [5.41, 5.74) is 6.13. The molecule has 0 aromatic heterocycles. The Morgan fingerprint density at radius 2 is 2.12 bits per heavy atom. The largest absolute Gasteiger partial charge is 0.381 e. The first-order valence-corrected chi connectivity index (χ1v) is 6.69. The normalized spacial score (nSPS) is 34.8. The number of ether oxygens (including phenoxy) is 2. The second kappa shape index (κ2) is 5.22. The summed E-state index contributed by atoms with van der Waals surface area (Å²) in [6.45, 7) is 10.7. The third kappa shape index (κ3) is 3.41. The van der Waals surface area contributed by atoms with Gasteiger partial charge in [0.05, 0.1) is 18.8 Å². The van der Waals surface area contributed by atoms with Gasteiger partial charge in [-0.2, -0.15) is 0 Å². The molecule has 2 N–H and O–H groups in total. The first kappa shape index (κ1) is 13.3. The number of rotatable bonds is 3. The minimum absolute atomic E-state index is 0.0242. The number of nitrogens with two attached hydrogens (primary N) is 1. The Kier molecular flexibility index (Phi) is 4.08. The van der Waals surface area contributed by atoms with Gasteiger partial charge in [0, 0.05) is 38.2 Å². The molecule has 0 aromatic carbocycles. The number of hydrogen-bond donors (Lipinski definition) is 1. The van der Waals surface area contributed by atoms with Crippen LogP contribution in [-0.4, -0.2) is 56.5 Å². The van der Waals surface area contributed by atoms with E-state index in [1.54, 1.807) is 0 Å². The second-order valence-corrected chi connectivity index (χ2v) is 6.18. The van der Waals surface area contributed by atoms with Crippen LogP contribution in [0.15, 0.2) is 0 Å². The van der Waals surface area contributed by atoms with E-state index < -0.39 is 0 Å². The summed E-state index contributed by atoms with van der Waals surface area (Å²) in [5, 5.41) is 0. The van der Waals surface area contributed by atoms with Gasteiger partial charge >= 0.3 is 0 Å². The van der Waals surface area contributed by atoms with Crippen LogP contribution in [0.1, 0.15) is 26.7 Å². The van der Waals surface area contributed by atoms with Crippen molar-refractivity contribution in [1.29, 1.82) is 0 Å². The molecule has 4 heteroatoms. The van der Waals surface area contributed by atoms with Crippen molar-refractivity contribution in [2.45, 2.75) is 32.3 Å². The third-order valence-corrected chi connectivity index (χ3v) is 3.90. The van der Waals surface area contributed by atoms with Crippen molar-refractivity contribution in [3.05, 3.63) is 0 Å². The van der Waals surface area contributed by atoms with Gasteiger partial charge in [0.1, 0.15) is 0 Å². The fourth-order valence-corrected chi connectivity index (χ4v) is 2.98. The van der Waals surface area contributed by atoms with E-state index in [-0.39, 0.29) is 11.0 Å². The van der Waals surface area contributed by atoms with Crippen LogP contribution in [0.5, 0.6) is 0 Å². The van der Waals surface area contributed by atoms with Gasteiger partial charge in [0.15, 0.2) is 0 Å². The lowest BCUT2D eigenvalue weighted by molar-refractivity contribution is -0.105. The number of hydrogen-bond acceptors (Lipinski definition) is 4. The Morgan fingerprint density at radius 1 is 1.29 bits per heavy atom. The van der Waals surface area contributed by atoms with Crippen LogP contribution in [0.4, 0.5) is 0 Å². The Labute approximate surface area is 104 Å². The van der Waals surface area contributed by atoms with Crippen molar-refractivity contribution in [1.82, 2.24) is 4.90 Å². The molecule has 2 aliphatic rings. The SMILES string of the molecule is CC1(C)CN(CC2(CN)CCCOC2)CCO1. The smallest absolute Gasteiger partial charge is 0.0753 e. The molecule has 0 aliphatic carbocycles. The van der Waals surface area contributed by atoms with Gasteiger partial charge in [0.25, 0.3) is 0 Å². The molecule has 2 saturated heterocycles. The molecule has 0 spiro atoms. The van der Waals surface area contributed by atoms with Crippen LogP contribution in [-0.2, 0) is 9.47 Å². The molecule has 0 amide bonds. The van der Waals surface area contributed by atoms with Gasteiger partial charge in [-0.15, -0.1) is 0 Å². The molecule has 2 rings (SSSR count). The van der Waals surface area contributed by atoms with Crippen molar-refractivity contribution in [3.63, 3.8) is 0 Å². The van der Waals surface area contributed by atoms with E-state index >= 15 is 0 Å². The summed E-state index contributed by atoms with van der Waals surface area (Å²) in [6.07, 6.45) is 2.34. The van der Waals surface area contributed by atoms with E-state index in [1.807, 2.05) is 0 Å². The molecular formula is C13H26N2O2. The third-order valence-electron chi connectivity index (χ3n) is 3.90. The summed E-state index contributed by atoms with van der Waals surface area (Å²) in [7, 11) is 0. The lowest BCUT2D eigenvalue weighted by Crippen LogP contribution is -2.54. The zero-order valence-corrected chi connectivity index (χ0v) is 11.2. The molecule has 0 bridgehead atoms. The molecule has 0 radical (unpaired) electrons. The maximum absolute atomic E-state index is 5.99. The molecule has 2 heterocycles. The van der Waals surface area contributed by atoms with E-state index in [2.05, 4.69) is 18.7 Å². The van der Waals surface area contributed by atoms with E-state index in [0.717, 1.165) is 52.4 Å². The van der Waals surface area contributed by atoms with Crippen molar-refractivity contribution < 1.29 is 9.47 Å². The molecule has 1 atom stereocenters. The van der Waals surface area contributed by atoms with Gasteiger partial charge in [0.2, 0.25) is 0 Å². The molecule has 1 unspecified atom stereocenters. The fraction of sp³-hybridized carbons (Fsp3) is 1.00. The first-order chi connectivity index (χ1) is 8.05. The second-order valence-electron chi connectivity index (χ2n) is 6.18. The monoisotopic (exact) mass is 242 g/mol. The van der Waals surface area contributed by atoms with E-state index in [1.165, 1.54) is 6.42 Å². The molecule has 2 aliphatic heterocycles. The average Bonchev–Trinajstić information content (AvgIpc) is 2.29. The van der Waals surface area contributed by atoms with E-state index in [0.29, 0.717) is 0 Å². The van der Waals surface area contributed by atoms with Gasteiger partial charge in [-0.25, -0.2) is 0 Å². The van der Waals surface area contributed by atoms with Gasteiger partial charge in [-0.05, 0) is 26.7 Å². The standard InChI is InChI=1S/C13H26N2O2/c1-12(2)9-15(5-7-17-12)10-13(8-14)4-3-6-16-11-13/h3-11,14H2,1-2H3. The Hall–Kier alpha value is -0.160. The van der Waals surface area contributed by atoms with Crippen LogP contribution in [0.25, 0.3) is 0 Å². The highest BCUT2D eigenvalue weighted by Crippen LogP contribution is 2.30. The summed E-state index contributed by atoms with van der Waals surface area (Å²) in [5.74, 6) is 0. The molecular weight excluding hydrogens is 216 g/mol. The van der Waals surface area contributed by atoms with Crippen molar-refractivity contribution in [2.24, 2.45) is 11.1 Å². The maximum Gasteiger partial charge on any atom is 0.0753 e. The fourth-order valence-electron chi connectivity index (χ4n) is 2.98. The molecule has 4 nitrogen and oxygen atoms in total. The van der Waals surface area contributed by atoms with Gasteiger partial charge in [-0.1, -0.05) is 0 Å². The summed E-state index contributed by atoms with van der Waals surface area (Å²) in [6, 6.07) is 0. The molecule has 0 aromatic rings. The number of nitrogens with zero attached hydrogens (tertiary/aromatic N) is 1.